The fourth-order valence-corrected chi connectivity index (χ4v) is 2.59. The van der Waals surface area contributed by atoms with Gasteiger partial charge in [-0.1, -0.05) is 12.1 Å². The zero-order valence-electron chi connectivity index (χ0n) is 9.48. The van der Waals surface area contributed by atoms with E-state index in [9.17, 15) is 13.2 Å². The number of nitrogens with two attached hydrogens (primary N) is 2. The Morgan fingerprint density at radius 2 is 2.00 bits per heavy atom. The molecule has 0 saturated heterocycles. The van der Waals surface area contributed by atoms with E-state index in [4.69, 9.17) is 11.5 Å². The highest BCUT2D eigenvalue weighted by Gasteiger charge is 2.34. The lowest BCUT2D eigenvalue weighted by molar-refractivity contribution is -0.136. The number of alkyl halides is 3. The molecule has 0 unspecified atom stereocenters. The van der Waals surface area contributed by atoms with E-state index in [1.165, 1.54) is 12.3 Å². The predicted molar refractivity (Wildman–Crippen MR) is 70.2 cm³/mol. The second-order valence-electron chi connectivity index (χ2n) is 3.64. The zero-order valence-corrected chi connectivity index (χ0v) is 10.3. The molecule has 1 aromatic carbocycles. The van der Waals surface area contributed by atoms with E-state index < -0.39 is 11.7 Å². The number of nitrogens with zero attached hydrogens (tertiary/aromatic N) is 2. The number of benzene rings is 1. The number of fused-ring (bicyclic) bond motifs is 1. The number of hydrogen-bond acceptors (Lipinski definition) is 3. The van der Waals surface area contributed by atoms with E-state index in [2.05, 4.69) is 10.2 Å². The van der Waals surface area contributed by atoms with Crippen molar-refractivity contribution in [1.29, 1.82) is 0 Å². The van der Waals surface area contributed by atoms with Crippen LogP contribution in [-0.2, 0) is 6.18 Å². The SMILES string of the molecule is NC(N)=NN=Cc1cccc2scc(C(F)(F)F)c12. The number of rotatable bonds is 2. The number of halogens is 3. The van der Waals surface area contributed by atoms with Gasteiger partial charge < -0.3 is 11.5 Å². The van der Waals surface area contributed by atoms with Gasteiger partial charge in [-0.2, -0.15) is 18.3 Å². The van der Waals surface area contributed by atoms with Gasteiger partial charge in [0, 0.05) is 21.0 Å². The van der Waals surface area contributed by atoms with Crippen molar-refractivity contribution in [2.75, 3.05) is 0 Å². The highest BCUT2D eigenvalue weighted by molar-refractivity contribution is 7.17. The molecule has 0 aliphatic heterocycles. The Morgan fingerprint density at radius 3 is 2.63 bits per heavy atom. The molecule has 2 aromatic rings. The summed E-state index contributed by atoms with van der Waals surface area (Å²) in [6, 6.07) is 4.79. The summed E-state index contributed by atoms with van der Waals surface area (Å²) in [7, 11) is 0. The molecule has 0 aliphatic rings. The molecule has 2 rings (SSSR count). The van der Waals surface area contributed by atoms with E-state index in [0.717, 1.165) is 16.7 Å². The van der Waals surface area contributed by atoms with Crippen LogP contribution in [0.3, 0.4) is 0 Å². The monoisotopic (exact) mass is 286 g/mol. The van der Waals surface area contributed by atoms with Crippen LogP contribution in [0.25, 0.3) is 10.1 Å². The maximum Gasteiger partial charge on any atom is 0.417 e. The number of thiophene rings is 1. The summed E-state index contributed by atoms with van der Waals surface area (Å²) in [4.78, 5) is 0. The molecule has 0 fully saturated rings. The van der Waals surface area contributed by atoms with Crippen LogP contribution in [-0.4, -0.2) is 12.2 Å². The van der Waals surface area contributed by atoms with Crippen LogP contribution in [0.15, 0.2) is 33.8 Å². The molecule has 1 aromatic heterocycles. The van der Waals surface area contributed by atoms with Crippen LogP contribution in [0.2, 0.25) is 0 Å². The Balaban J connectivity index is 2.58. The van der Waals surface area contributed by atoms with Crippen LogP contribution in [0.1, 0.15) is 11.1 Å². The fourth-order valence-electron chi connectivity index (χ4n) is 1.59. The Kier molecular flexibility index (Phi) is 3.43. The molecule has 0 bridgehead atoms. The zero-order chi connectivity index (χ0) is 14.0. The molecular formula is C11H9F3N4S. The fraction of sp³-hybridized carbons (Fsp3) is 0.0909. The van der Waals surface area contributed by atoms with Crippen molar-refractivity contribution in [3.63, 3.8) is 0 Å². The molecule has 1 heterocycles. The lowest BCUT2D eigenvalue weighted by atomic mass is 10.1. The highest BCUT2D eigenvalue weighted by Crippen LogP contribution is 2.39. The van der Waals surface area contributed by atoms with Gasteiger partial charge >= 0.3 is 6.18 Å². The third kappa shape index (κ3) is 2.84. The van der Waals surface area contributed by atoms with Crippen molar-refractivity contribution >= 4 is 33.6 Å². The lowest BCUT2D eigenvalue weighted by Gasteiger charge is -2.06. The largest absolute Gasteiger partial charge is 0.417 e. The van der Waals surface area contributed by atoms with Crippen LogP contribution >= 0.6 is 11.3 Å². The molecule has 8 heteroatoms. The quantitative estimate of drug-likeness (QED) is 0.505. The Hall–Kier alpha value is -2.09. The first-order chi connectivity index (χ1) is 8.89. The molecular weight excluding hydrogens is 277 g/mol. The summed E-state index contributed by atoms with van der Waals surface area (Å²) < 4.78 is 39.2. The Morgan fingerprint density at radius 1 is 1.26 bits per heavy atom. The highest BCUT2D eigenvalue weighted by atomic mass is 32.1. The molecule has 0 saturated carbocycles. The third-order valence-electron chi connectivity index (χ3n) is 2.31. The summed E-state index contributed by atoms with van der Waals surface area (Å²) in [6.07, 6.45) is -3.21. The minimum Gasteiger partial charge on any atom is -0.369 e. The molecule has 0 aliphatic carbocycles. The maximum atomic E-state index is 12.9. The minimum atomic E-state index is -4.40. The average molecular weight is 286 g/mol. The number of hydrogen-bond donors (Lipinski definition) is 2. The molecule has 19 heavy (non-hydrogen) atoms. The van der Waals surface area contributed by atoms with Crippen molar-refractivity contribution in [2.24, 2.45) is 21.7 Å². The van der Waals surface area contributed by atoms with E-state index in [-0.39, 0.29) is 11.3 Å². The molecule has 4 nitrogen and oxygen atoms in total. The summed E-state index contributed by atoms with van der Waals surface area (Å²) in [6.45, 7) is 0. The molecule has 0 amide bonds. The van der Waals surface area contributed by atoms with E-state index >= 15 is 0 Å². The van der Waals surface area contributed by atoms with E-state index in [1.54, 1.807) is 12.1 Å². The summed E-state index contributed by atoms with van der Waals surface area (Å²) in [5.74, 6) is -0.259. The van der Waals surface area contributed by atoms with Crippen LogP contribution in [0.4, 0.5) is 13.2 Å². The average Bonchev–Trinajstić information content (AvgIpc) is 2.72. The van der Waals surface area contributed by atoms with Gasteiger partial charge in [-0.05, 0) is 6.07 Å². The third-order valence-corrected chi connectivity index (χ3v) is 3.25. The summed E-state index contributed by atoms with van der Waals surface area (Å²) in [5.41, 5.74) is 9.80. The predicted octanol–water partition coefficient (Wildman–Crippen LogP) is 2.53. The molecule has 0 spiro atoms. The summed E-state index contributed by atoms with van der Waals surface area (Å²) in [5, 5.41) is 8.10. The van der Waals surface area contributed by atoms with Crippen molar-refractivity contribution in [3.8, 4) is 0 Å². The smallest absolute Gasteiger partial charge is 0.369 e. The van der Waals surface area contributed by atoms with Gasteiger partial charge in [0.05, 0.1) is 11.8 Å². The second-order valence-corrected chi connectivity index (χ2v) is 4.55. The first-order valence-corrected chi connectivity index (χ1v) is 5.97. The van der Waals surface area contributed by atoms with Gasteiger partial charge in [0.2, 0.25) is 5.96 Å². The molecule has 100 valence electrons. The second kappa shape index (κ2) is 4.88. The number of guanidine groups is 1. The maximum absolute atomic E-state index is 12.9. The van der Waals surface area contributed by atoms with Crippen LogP contribution in [0.5, 0.6) is 0 Å². The lowest BCUT2D eigenvalue weighted by Crippen LogP contribution is -2.21. The summed E-state index contributed by atoms with van der Waals surface area (Å²) >= 11 is 1.03. The standard InChI is InChI=1S/C11H9F3N4S/c12-11(13,14)7-5-19-8-3-1-2-6(9(7)8)4-17-18-10(15)16/h1-5H,(H4,15,16,18). The van der Waals surface area contributed by atoms with Gasteiger partial charge in [-0.15, -0.1) is 16.4 Å². The van der Waals surface area contributed by atoms with Gasteiger partial charge in [0.25, 0.3) is 0 Å². The van der Waals surface area contributed by atoms with Crippen LogP contribution in [0, 0.1) is 0 Å². The van der Waals surface area contributed by atoms with E-state index in [0.29, 0.717) is 10.3 Å². The van der Waals surface area contributed by atoms with Gasteiger partial charge in [0.1, 0.15) is 0 Å². The minimum absolute atomic E-state index is 0.106. The molecule has 4 N–H and O–H groups in total. The first-order valence-electron chi connectivity index (χ1n) is 5.09. The Labute approximate surface area is 110 Å². The van der Waals surface area contributed by atoms with Gasteiger partial charge in [-0.3, -0.25) is 0 Å². The van der Waals surface area contributed by atoms with Crippen molar-refractivity contribution in [3.05, 3.63) is 34.7 Å². The van der Waals surface area contributed by atoms with Gasteiger partial charge in [0.15, 0.2) is 0 Å². The van der Waals surface area contributed by atoms with Crippen molar-refractivity contribution in [2.45, 2.75) is 6.18 Å². The van der Waals surface area contributed by atoms with E-state index in [1.807, 2.05) is 0 Å². The normalized spacial score (nSPS) is 12.2. The van der Waals surface area contributed by atoms with Crippen molar-refractivity contribution < 1.29 is 13.2 Å². The topological polar surface area (TPSA) is 76.8 Å². The van der Waals surface area contributed by atoms with Crippen LogP contribution < -0.4 is 11.5 Å². The first kappa shape index (κ1) is 13.3. The molecule has 0 radical (unpaired) electrons. The van der Waals surface area contributed by atoms with Gasteiger partial charge in [-0.25, -0.2) is 0 Å². The molecule has 0 atom stereocenters. The van der Waals surface area contributed by atoms with Crippen molar-refractivity contribution in [1.82, 2.24) is 0 Å². The Bertz CT molecular complexity index is 653.